The van der Waals surface area contributed by atoms with Crippen molar-refractivity contribution in [3.8, 4) is 16.9 Å². The lowest BCUT2D eigenvalue weighted by Crippen LogP contribution is -2.28. The summed E-state index contributed by atoms with van der Waals surface area (Å²) in [5.41, 5.74) is -3.63. The zero-order chi connectivity index (χ0) is 24.6. The van der Waals surface area contributed by atoms with E-state index in [9.17, 15) is 35.5 Å². The van der Waals surface area contributed by atoms with Crippen LogP contribution in [-0.2, 0) is 12.4 Å². The van der Waals surface area contributed by atoms with Crippen molar-refractivity contribution in [2.75, 3.05) is 19.1 Å². The number of anilines is 1. The quantitative estimate of drug-likeness (QED) is 0.424. The molecule has 0 saturated carbocycles. The van der Waals surface area contributed by atoms with Gasteiger partial charge in [-0.3, -0.25) is 9.78 Å². The van der Waals surface area contributed by atoms with E-state index in [1.54, 1.807) is 0 Å². The van der Waals surface area contributed by atoms with E-state index in [0.717, 1.165) is 24.1 Å². The molecule has 0 bridgehead atoms. The Morgan fingerprint density at radius 1 is 0.909 bits per heavy atom. The third kappa shape index (κ3) is 5.07. The first-order chi connectivity index (χ1) is 15.3. The van der Waals surface area contributed by atoms with Crippen LogP contribution in [0, 0.1) is 5.82 Å². The fourth-order valence-electron chi connectivity index (χ4n) is 3.15. The second kappa shape index (κ2) is 8.72. The van der Waals surface area contributed by atoms with Gasteiger partial charge in [-0.2, -0.15) is 26.3 Å². The number of rotatable bonds is 4. The van der Waals surface area contributed by atoms with Crippen LogP contribution in [0.3, 0.4) is 0 Å². The Balaban J connectivity index is 2.13. The number of hydrogen-bond acceptors (Lipinski definition) is 3. The van der Waals surface area contributed by atoms with Crippen molar-refractivity contribution < 1.29 is 40.3 Å². The summed E-state index contributed by atoms with van der Waals surface area (Å²) in [6.45, 7) is 0. The number of carbonyl (C=O) groups is 1. The first-order valence-electron chi connectivity index (χ1n) is 9.18. The fraction of sp³-hybridized carbons (Fsp3) is 0.182. The number of nitrogens with zero attached hydrogens (tertiary/aromatic N) is 2. The normalized spacial score (nSPS) is 11.9. The van der Waals surface area contributed by atoms with Crippen molar-refractivity contribution in [3.63, 3.8) is 0 Å². The Morgan fingerprint density at radius 2 is 1.52 bits per heavy atom. The van der Waals surface area contributed by atoms with Gasteiger partial charge in [0.1, 0.15) is 11.6 Å². The van der Waals surface area contributed by atoms with Crippen LogP contribution in [0.1, 0.15) is 21.5 Å². The lowest BCUT2D eigenvalue weighted by atomic mass is 10.0. The molecule has 0 fully saturated rings. The zero-order valence-corrected chi connectivity index (χ0v) is 17.1. The van der Waals surface area contributed by atoms with Crippen molar-refractivity contribution in [1.29, 1.82) is 0 Å². The standard InChI is InChI=1S/C22H15F7N2O2/c1-31(18-11-30-6-5-16(18)17-10-15(23)3-4-19(17)33-2)20(32)12-7-13(21(24,25)26)9-14(8-12)22(27,28)29/h3-11H,1-2H3. The molecule has 3 aromatic rings. The van der Waals surface area contributed by atoms with Gasteiger partial charge in [0.25, 0.3) is 5.91 Å². The number of amides is 1. The van der Waals surface area contributed by atoms with Gasteiger partial charge in [0.2, 0.25) is 0 Å². The minimum absolute atomic E-state index is 0.0115. The Kier molecular flexibility index (Phi) is 6.35. The SMILES string of the molecule is COc1ccc(F)cc1-c1ccncc1N(C)C(=O)c1cc(C(F)(F)F)cc(C(F)(F)F)c1. The Labute approximate surface area is 183 Å². The maximum Gasteiger partial charge on any atom is 0.416 e. The molecule has 3 rings (SSSR count). The average molecular weight is 472 g/mol. The summed E-state index contributed by atoms with van der Waals surface area (Å²) in [5.74, 6) is -1.56. The summed E-state index contributed by atoms with van der Waals surface area (Å²) in [7, 11) is 2.48. The van der Waals surface area contributed by atoms with Crippen LogP contribution >= 0.6 is 0 Å². The molecule has 4 nitrogen and oxygen atoms in total. The summed E-state index contributed by atoms with van der Waals surface area (Å²) in [6, 6.07) is 5.60. The van der Waals surface area contributed by atoms with Crippen molar-refractivity contribution in [3.05, 3.63) is 77.4 Å². The number of carbonyl (C=O) groups excluding carboxylic acids is 1. The minimum Gasteiger partial charge on any atom is -0.496 e. The number of ether oxygens (including phenoxy) is 1. The number of methoxy groups -OCH3 is 1. The number of alkyl halides is 6. The van der Waals surface area contributed by atoms with Gasteiger partial charge < -0.3 is 9.64 Å². The predicted molar refractivity (Wildman–Crippen MR) is 105 cm³/mol. The van der Waals surface area contributed by atoms with E-state index in [1.165, 1.54) is 31.6 Å². The number of pyridine rings is 1. The van der Waals surface area contributed by atoms with Gasteiger partial charge in [-0.25, -0.2) is 4.39 Å². The van der Waals surface area contributed by atoms with Gasteiger partial charge in [-0.05, 0) is 42.5 Å². The highest BCUT2D eigenvalue weighted by Crippen LogP contribution is 2.39. The summed E-state index contributed by atoms with van der Waals surface area (Å²) in [4.78, 5) is 17.7. The molecule has 1 aromatic heterocycles. The molecule has 0 radical (unpaired) electrons. The first kappa shape index (κ1) is 24.0. The molecule has 1 heterocycles. The highest BCUT2D eigenvalue weighted by atomic mass is 19.4. The van der Waals surface area contributed by atoms with Gasteiger partial charge in [0, 0.05) is 29.9 Å². The van der Waals surface area contributed by atoms with Gasteiger partial charge in [0.15, 0.2) is 0 Å². The highest BCUT2D eigenvalue weighted by molar-refractivity contribution is 6.08. The Bertz CT molecular complexity index is 1160. The van der Waals surface area contributed by atoms with E-state index in [1.807, 2.05) is 0 Å². The molecule has 0 aliphatic carbocycles. The van der Waals surface area contributed by atoms with Crippen molar-refractivity contribution in [2.45, 2.75) is 12.4 Å². The van der Waals surface area contributed by atoms with Gasteiger partial charge >= 0.3 is 12.4 Å². The number of halogens is 7. The molecule has 1 amide bonds. The lowest BCUT2D eigenvalue weighted by Gasteiger charge is -2.22. The number of aromatic nitrogens is 1. The molecule has 0 spiro atoms. The molecule has 0 unspecified atom stereocenters. The second-order valence-electron chi connectivity index (χ2n) is 6.90. The van der Waals surface area contributed by atoms with Crippen LogP contribution in [0.2, 0.25) is 0 Å². The molecule has 174 valence electrons. The van der Waals surface area contributed by atoms with E-state index in [2.05, 4.69) is 4.98 Å². The summed E-state index contributed by atoms with van der Waals surface area (Å²) < 4.78 is 98.1. The van der Waals surface area contributed by atoms with Crippen molar-refractivity contribution in [1.82, 2.24) is 4.98 Å². The maximum atomic E-state index is 13.9. The van der Waals surface area contributed by atoms with Crippen LogP contribution in [0.4, 0.5) is 36.4 Å². The molecular weight excluding hydrogens is 457 g/mol. The average Bonchev–Trinajstić information content (AvgIpc) is 2.76. The van der Waals surface area contributed by atoms with E-state index in [-0.39, 0.29) is 28.6 Å². The second-order valence-corrected chi connectivity index (χ2v) is 6.90. The molecule has 0 N–H and O–H groups in total. The monoisotopic (exact) mass is 472 g/mol. The molecule has 11 heteroatoms. The summed E-state index contributed by atoms with van der Waals surface area (Å²) in [5, 5.41) is 0. The van der Waals surface area contributed by atoms with Gasteiger partial charge in [0.05, 0.1) is 30.1 Å². The first-order valence-corrected chi connectivity index (χ1v) is 9.18. The molecule has 0 atom stereocenters. The van der Waals surface area contributed by atoms with Crippen LogP contribution < -0.4 is 9.64 Å². The molecule has 33 heavy (non-hydrogen) atoms. The molecule has 0 aliphatic heterocycles. The van der Waals surface area contributed by atoms with E-state index < -0.39 is 40.8 Å². The van der Waals surface area contributed by atoms with Gasteiger partial charge in [-0.1, -0.05) is 0 Å². The molecule has 0 saturated heterocycles. The third-order valence-corrected chi connectivity index (χ3v) is 4.75. The number of benzene rings is 2. The van der Waals surface area contributed by atoms with E-state index in [0.29, 0.717) is 12.1 Å². The van der Waals surface area contributed by atoms with Crippen molar-refractivity contribution >= 4 is 11.6 Å². The van der Waals surface area contributed by atoms with E-state index in [4.69, 9.17) is 4.74 Å². The van der Waals surface area contributed by atoms with E-state index >= 15 is 0 Å². The van der Waals surface area contributed by atoms with Crippen LogP contribution in [0.15, 0.2) is 54.9 Å². The minimum atomic E-state index is -5.11. The molecule has 2 aromatic carbocycles. The predicted octanol–water partition coefficient (Wildman–Crippen LogP) is 6.21. The van der Waals surface area contributed by atoms with Crippen LogP contribution in [0.5, 0.6) is 5.75 Å². The summed E-state index contributed by atoms with van der Waals surface area (Å²) >= 11 is 0. The van der Waals surface area contributed by atoms with Gasteiger partial charge in [-0.15, -0.1) is 0 Å². The highest BCUT2D eigenvalue weighted by Gasteiger charge is 2.38. The number of hydrogen-bond donors (Lipinski definition) is 0. The zero-order valence-electron chi connectivity index (χ0n) is 17.1. The molecule has 0 aliphatic rings. The van der Waals surface area contributed by atoms with Crippen LogP contribution in [-0.4, -0.2) is 25.0 Å². The Morgan fingerprint density at radius 3 is 2.06 bits per heavy atom. The topological polar surface area (TPSA) is 42.4 Å². The molecular formula is C22H15F7N2O2. The summed E-state index contributed by atoms with van der Waals surface area (Å²) in [6.07, 6.45) is -7.71. The Hall–Kier alpha value is -3.63. The fourth-order valence-corrected chi connectivity index (χ4v) is 3.15. The van der Waals surface area contributed by atoms with Crippen molar-refractivity contribution in [2.24, 2.45) is 0 Å². The van der Waals surface area contributed by atoms with Crippen LogP contribution in [0.25, 0.3) is 11.1 Å². The largest absolute Gasteiger partial charge is 0.496 e. The maximum absolute atomic E-state index is 13.9. The lowest BCUT2D eigenvalue weighted by molar-refractivity contribution is -0.143. The third-order valence-electron chi connectivity index (χ3n) is 4.75. The smallest absolute Gasteiger partial charge is 0.416 e.